The van der Waals surface area contributed by atoms with Gasteiger partial charge in [0.1, 0.15) is 0 Å². The number of sulfone groups is 1. The largest absolute Gasteiger partial charge is 0.397 e. The first-order chi connectivity index (χ1) is 9.41. The van der Waals surface area contributed by atoms with Crippen LogP contribution in [0.4, 0.5) is 11.4 Å². The lowest BCUT2D eigenvalue weighted by atomic mass is 10.2. The van der Waals surface area contributed by atoms with Gasteiger partial charge in [0.25, 0.3) is 0 Å². The molecule has 0 spiro atoms. The Kier molecular flexibility index (Phi) is 4.55. The summed E-state index contributed by atoms with van der Waals surface area (Å²) in [6.45, 7) is 5.24. The van der Waals surface area contributed by atoms with Gasteiger partial charge in [0.15, 0.2) is 9.84 Å². The van der Waals surface area contributed by atoms with E-state index in [0.717, 1.165) is 25.3 Å². The number of nitrogen functional groups attached to an aromatic ring is 1. The van der Waals surface area contributed by atoms with Crippen LogP contribution in [0.25, 0.3) is 0 Å². The summed E-state index contributed by atoms with van der Waals surface area (Å²) >= 11 is 0. The van der Waals surface area contributed by atoms with Crippen molar-refractivity contribution in [1.82, 2.24) is 4.90 Å². The average Bonchev–Trinajstić information content (AvgIpc) is 2.83. The molecule has 1 heterocycles. The van der Waals surface area contributed by atoms with E-state index in [1.54, 1.807) is 12.1 Å². The molecule has 0 saturated carbocycles. The van der Waals surface area contributed by atoms with Crippen LogP contribution in [0.3, 0.4) is 0 Å². The van der Waals surface area contributed by atoms with Crippen molar-refractivity contribution in [2.24, 2.45) is 0 Å². The molecule has 1 fully saturated rings. The highest BCUT2D eigenvalue weighted by Crippen LogP contribution is 2.24. The minimum atomic E-state index is -3.20. The van der Waals surface area contributed by atoms with Gasteiger partial charge < -0.3 is 11.1 Å². The van der Waals surface area contributed by atoms with Gasteiger partial charge in [-0.25, -0.2) is 8.42 Å². The van der Waals surface area contributed by atoms with E-state index in [2.05, 4.69) is 17.1 Å². The number of hydrogen-bond acceptors (Lipinski definition) is 5. The number of likely N-dealkylation sites (N-methyl/N-ethyl adjacent to an activating group) is 1. The number of nitrogens with one attached hydrogen (secondary N) is 1. The van der Waals surface area contributed by atoms with Crippen LogP contribution in [0.5, 0.6) is 0 Å². The van der Waals surface area contributed by atoms with E-state index in [1.165, 1.54) is 25.2 Å². The van der Waals surface area contributed by atoms with Crippen LogP contribution in [0.1, 0.15) is 19.8 Å². The molecule has 2 rings (SSSR count). The summed E-state index contributed by atoms with van der Waals surface area (Å²) < 4.78 is 22.9. The van der Waals surface area contributed by atoms with Crippen LogP contribution in [-0.2, 0) is 9.84 Å². The van der Waals surface area contributed by atoms with Gasteiger partial charge in [-0.05, 0) is 44.1 Å². The number of rotatable bonds is 5. The number of nitrogens with two attached hydrogens (primary N) is 1. The van der Waals surface area contributed by atoms with E-state index in [0.29, 0.717) is 11.7 Å². The highest BCUT2D eigenvalue weighted by atomic mass is 32.2. The SMILES string of the molecule is CCN1CCCC1CNc1ccc(S(C)(=O)=O)cc1N. The molecule has 0 aromatic heterocycles. The van der Waals surface area contributed by atoms with Gasteiger partial charge in [-0.2, -0.15) is 0 Å². The highest BCUT2D eigenvalue weighted by molar-refractivity contribution is 7.90. The minimum absolute atomic E-state index is 0.261. The van der Waals surface area contributed by atoms with Gasteiger partial charge in [-0.1, -0.05) is 6.92 Å². The molecule has 1 aliphatic rings. The Hall–Kier alpha value is -1.27. The van der Waals surface area contributed by atoms with E-state index in [-0.39, 0.29) is 4.90 Å². The maximum absolute atomic E-state index is 11.5. The van der Waals surface area contributed by atoms with E-state index < -0.39 is 9.84 Å². The van der Waals surface area contributed by atoms with E-state index >= 15 is 0 Å². The molecule has 1 saturated heterocycles. The molecule has 1 aliphatic heterocycles. The molecule has 112 valence electrons. The molecular weight excluding hydrogens is 274 g/mol. The normalized spacial score (nSPS) is 20.2. The fraction of sp³-hybridized carbons (Fsp3) is 0.571. The third-order valence-electron chi connectivity index (χ3n) is 3.88. The van der Waals surface area contributed by atoms with Crippen LogP contribution in [0.15, 0.2) is 23.1 Å². The Morgan fingerprint density at radius 1 is 1.45 bits per heavy atom. The summed E-state index contributed by atoms with van der Waals surface area (Å²) in [7, 11) is -3.20. The lowest BCUT2D eigenvalue weighted by Crippen LogP contribution is -2.34. The minimum Gasteiger partial charge on any atom is -0.397 e. The summed E-state index contributed by atoms with van der Waals surface area (Å²) in [4.78, 5) is 2.71. The smallest absolute Gasteiger partial charge is 0.175 e. The van der Waals surface area contributed by atoms with Gasteiger partial charge in [0.2, 0.25) is 0 Å². The molecule has 1 unspecified atom stereocenters. The second kappa shape index (κ2) is 6.01. The monoisotopic (exact) mass is 297 g/mol. The average molecular weight is 297 g/mol. The van der Waals surface area contributed by atoms with Gasteiger partial charge in [0, 0.05) is 18.8 Å². The molecule has 1 aromatic rings. The summed E-state index contributed by atoms with van der Waals surface area (Å²) in [5, 5.41) is 3.34. The molecule has 1 aromatic carbocycles. The Bertz CT molecular complexity index is 572. The topological polar surface area (TPSA) is 75.4 Å². The number of likely N-dealkylation sites (tertiary alicyclic amines) is 1. The van der Waals surface area contributed by atoms with Crippen molar-refractivity contribution < 1.29 is 8.42 Å². The second-order valence-corrected chi connectivity index (χ2v) is 7.34. The van der Waals surface area contributed by atoms with Gasteiger partial charge in [-0.15, -0.1) is 0 Å². The fourth-order valence-corrected chi connectivity index (χ4v) is 3.36. The number of benzene rings is 1. The molecule has 3 N–H and O–H groups in total. The summed E-state index contributed by atoms with van der Waals surface area (Å²) in [6.07, 6.45) is 3.62. The van der Waals surface area contributed by atoms with Crippen molar-refractivity contribution >= 4 is 21.2 Å². The molecule has 5 nitrogen and oxygen atoms in total. The molecule has 20 heavy (non-hydrogen) atoms. The van der Waals surface area contributed by atoms with Crippen LogP contribution in [0, 0.1) is 0 Å². The van der Waals surface area contributed by atoms with Crippen LogP contribution >= 0.6 is 0 Å². The maximum atomic E-state index is 11.5. The molecule has 0 radical (unpaired) electrons. The zero-order valence-electron chi connectivity index (χ0n) is 12.1. The summed E-state index contributed by atoms with van der Waals surface area (Å²) in [5.41, 5.74) is 7.22. The van der Waals surface area contributed by atoms with Crippen molar-refractivity contribution in [2.75, 3.05) is 36.9 Å². The lowest BCUT2D eigenvalue weighted by molar-refractivity contribution is 0.277. The van der Waals surface area contributed by atoms with Gasteiger partial charge >= 0.3 is 0 Å². The van der Waals surface area contributed by atoms with Crippen molar-refractivity contribution in [3.05, 3.63) is 18.2 Å². The second-order valence-electron chi connectivity index (χ2n) is 5.33. The van der Waals surface area contributed by atoms with Crippen LogP contribution < -0.4 is 11.1 Å². The zero-order chi connectivity index (χ0) is 14.8. The van der Waals surface area contributed by atoms with Crippen molar-refractivity contribution in [3.63, 3.8) is 0 Å². The van der Waals surface area contributed by atoms with E-state index in [9.17, 15) is 8.42 Å². The molecule has 6 heteroatoms. The quantitative estimate of drug-likeness (QED) is 0.807. The maximum Gasteiger partial charge on any atom is 0.175 e. The van der Waals surface area contributed by atoms with Crippen molar-refractivity contribution in [2.45, 2.75) is 30.7 Å². The van der Waals surface area contributed by atoms with Gasteiger partial charge in [0.05, 0.1) is 16.3 Å². The first kappa shape index (κ1) is 15.1. The van der Waals surface area contributed by atoms with Crippen LogP contribution in [-0.4, -0.2) is 45.2 Å². The Morgan fingerprint density at radius 3 is 2.80 bits per heavy atom. The molecule has 0 bridgehead atoms. The molecular formula is C14H23N3O2S. The molecule has 0 aliphatic carbocycles. The van der Waals surface area contributed by atoms with Crippen molar-refractivity contribution in [1.29, 1.82) is 0 Å². The third kappa shape index (κ3) is 3.43. The third-order valence-corrected chi connectivity index (χ3v) is 4.99. The predicted octanol–water partition coefficient (Wildman–Crippen LogP) is 1.57. The Morgan fingerprint density at radius 2 is 2.20 bits per heavy atom. The standard InChI is InChI=1S/C14H23N3O2S/c1-3-17-8-4-5-11(17)10-16-14-7-6-12(9-13(14)15)20(2,18)19/h6-7,9,11,16H,3-5,8,10,15H2,1-2H3. The zero-order valence-corrected chi connectivity index (χ0v) is 12.9. The Labute approximate surface area is 121 Å². The molecule has 1 atom stereocenters. The molecule has 0 amide bonds. The lowest BCUT2D eigenvalue weighted by Gasteiger charge is -2.23. The number of nitrogens with zero attached hydrogens (tertiary/aromatic N) is 1. The number of anilines is 2. The summed E-state index contributed by atoms with van der Waals surface area (Å²) in [5.74, 6) is 0. The van der Waals surface area contributed by atoms with Gasteiger partial charge in [-0.3, -0.25) is 4.90 Å². The Balaban J connectivity index is 2.03. The fourth-order valence-electron chi connectivity index (χ4n) is 2.70. The first-order valence-electron chi connectivity index (χ1n) is 6.99. The first-order valence-corrected chi connectivity index (χ1v) is 8.88. The highest BCUT2D eigenvalue weighted by Gasteiger charge is 2.22. The summed E-state index contributed by atoms with van der Waals surface area (Å²) in [6, 6.07) is 5.40. The van der Waals surface area contributed by atoms with Crippen LogP contribution in [0.2, 0.25) is 0 Å². The predicted molar refractivity (Wildman–Crippen MR) is 82.7 cm³/mol. The number of hydrogen-bond donors (Lipinski definition) is 2. The van der Waals surface area contributed by atoms with E-state index in [4.69, 9.17) is 5.73 Å². The van der Waals surface area contributed by atoms with Crippen molar-refractivity contribution in [3.8, 4) is 0 Å². The van der Waals surface area contributed by atoms with E-state index in [1.807, 2.05) is 0 Å².